The summed E-state index contributed by atoms with van der Waals surface area (Å²) < 4.78 is 2.32. The van der Waals surface area contributed by atoms with Gasteiger partial charge in [0, 0.05) is 12.4 Å². The monoisotopic (exact) mass is 524 g/mol. The molecule has 5 rings (SSSR count). The summed E-state index contributed by atoms with van der Waals surface area (Å²) in [6.45, 7) is 6.18. The first kappa shape index (κ1) is 28.1. The van der Waals surface area contributed by atoms with Gasteiger partial charge >= 0.3 is 0 Å². The van der Waals surface area contributed by atoms with Crippen LogP contribution in [-0.4, -0.2) is 26.9 Å². The van der Waals surface area contributed by atoms with Crippen molar-refractivity contribution in [1.29, 1.82) is 0 Å². The highest BCUT2D eigenvalue weighted by Crippen LogP contribution is 2.34. The maximum absolute atomic E-state index is 6.12. The van der Waals surface area contributed by atoms with Crippen molar-refractivity contribution in [2.24, 2.45) is 0 Å². The number of rotatable bonds is 10. The summed E-state index contributed by atoms with van der Waals surface area (Å²) in [5, 5.41) is -0.0892. The third-order valence-electron chi connectivity index (χ3n) is 7.16. The number of aromatic nitrogens is 2. The van der Waals surface area contributed by atoms with Crippen LogP contribution in [-0.2, 0) is 5.16 Å². The summed E-state index contributed by atoms with van der Waals surface area (Å²) in [7, 11) is 5.61. The van der Waals surface area contributed by atoms with Crippen molar-refractivity contribution in [3.05, 3.63) is 174 Å². The van der Waals surface area contributed by atoms with Gasteiger partial charge in [0.15, 0.2) is 0 Å². The second kappa shape index (κ2) is 14.3. The molecular formula is C35H37BN2Si. The first-order valence-corrected chi connectivity index (χ1v) is 15.4. The van der Waals surface area contributed by atoms with Gasteiger partial charge in [0.2, 0.25) is 0 Å². The molecule has 194 valence electrons. The lowest BCUT2D eigenvalue weighted by atomic mass is 9.76. The van der Waals surface area contributed by atoms with Crippen LogP contribution in [0, 0.1) is 0 Å². The Morgan fingerprint density at radius 3 is 1.67 bits per heavy atom. The maximum atomic E-state index is 6.12. The van der Waals surface area contributed by atoms with Crippen LogP contribution in [0.5, 0.6) is 0 Å². The number of benzene rings is 4. The molecule has 39 heavy (non-hydrogen) atoms. The molecule has 0 N–H and O–H groups in total. The minimum absolute atomic E-state index is 0.0163. The van der Waals surface area contributed by atoms with Gasteiger partial charge in [-0.25, -0.2) is 4.98 Å². The van der Waals surface area contributed by atoms with Crippen molar-refractivity contribution in [2.75, 3.05) is 0 Å². The minimum Gasteiger partial charge on any atom is -0.327 e. The van der Waals surface area contributed by atoms with Gasteiger partial charge in [-0.3, -0.25) is 0 Å². The zero-order valence-electron chi connectivity index (χ0n) is 22.9. The van der Waals surface area contributed by atoms with Crippen molar-refractivity contribution in [2.45, 2.75) is 36.8 Å². The van der Waals surface area contributed by atoms with Crippen LogP contribution in [0.15, 0.2) is 152 Å². The van der Waals surface area contributed by atoms with E-state index in [-0.39, 0.29) is 11.0 Å². The Kier molecular flexibility index (Phi) is 10.3. The third kappa shape index (κ3) is 7.36. The number of nitrogens with zero attached hydrogens (tertiary/aromatic N) is 2. The van der Waals surface area contributed by atoms with Crippen LogP contribution in [0.4, 0.5) is 0 Å². The molecule has 0 saturated carbocycles. The Balaban J connectivity index is 0.000000212. The van der Waals surface area contributed by atoms with Crippen LogP contribution in [0.3, 0.4) is 0 Å². The summed E-state index contributed by atoms with van der Waals surface area (Å²) in [6.07, 6.45) is 8.33. The molecule has 4 aromatic carbocycles. The van der Waals surface area contributed by atoms with Crippen LogP contribution in [0.2, 0.25) is 6.04 Å². The van der Waals surface area contributed by atoms with E-state index in [2.05, 4.69) is 114 Å². The van der Waals surface area contributed by atoms with Crippen molar-refractivity contribution in [1.82, 2.24) is 9.55 Å². The van der Waals surface area contributed by atoms with Crippen molar-refractivity contribution >= 4 is 17.4 Å². The zero-order valence-corrected chi connectivity index (χ0v) is 24.3. The molecule has 2 nitrogen and oxygen atoms in total. The van der Waals surface area contributed by atoms with Gasteiger partial charge < -0.3 is 4.57 Å². The average Bonchev–Trinajstić information content (AvgIpc) is 3.55. The number of allylic oxidation sites excluding steroid dienone is 1. The summed E-state index contributed by atoms with van der Waals surface area (Å²) in [5.41, 5.74) is 6.31. The largest absolute Gasteiger partial charge is 0.327 e. The van der Waals surface area contributed by atoms with E-state index in [4.69, 9.17) is 7.85 Å². The molecule has 5 aromatic rings. The van der Waals surface area contributed by atoms with Crippen molar-refractivity contribution < 1.29 is 0 Å². The lowest BCUT2D eigenvalue weighted by molar-refractivity contribution is 0.588. The van der Waals surface area contributed by atoms with Crippen LogP contribution >= 0.6 is 0 Å². The van der Waals surface area contributed by atoms with E-state index < -0.39 is 9.52 Å². The predicted molar refractivity (Wildman–Crippen MR) is 169 cm³/mol. The quantitative estimate of drug-likeness (QED) is 0.105. The first-order valence-electron chi connectivity index (χ1n) is 13.7. The Morgan fingerprint density at radius 1 is 0.795 bits per heavy atom. The van der Waals surface area contributed by atoms with Crippen LogP contribution in [0.25, 0.3) is 0 Å². The molecule has 1 heterocycles. The maximum Gasteiger partial charge on any atom is 0.0953 e. The van der Waals surface area contributed by atoms with E-state index in [1.165, 1.54) is 29.2 Å². The molecule has 0 unspecified atom stereocenters. The zero-order chi connectivity index (χ0) is 27.3. The summed E-state index contributed by atoms with van der Waals surface area (Å²) >= 11 is 0. The van der Waals surface area contributed by atoms with E-state index in [1.54, 1.807) is 0 Å². The van der Waals surface area contributed by atoms with Crippen molar-refractivity contribution in [3.63, 3.8) is 0 Å². The lowest BCUT2D eigenvalue weighted by Gasteiger charge is -2.37. The summed E-state index contributed by atoms with van der Waals surface area (Å²) in [6, 6.07) is 43.4. The van der Waals surface area contributed by atoms with E-state index in [0.29, 0.717) is 0 Å². The predicted octanol–water partition coefficient (Wildman–Crippen LogP) is 7.52. The Hall–Kier alpha value is -3.89. The van der Waals surface area contributed by atoms with Gasteiger partial charge in [-0.2, -0.15) is 0 Å². The van der Waals surface area contributed by atoms with Crippen LogP contribution < -0.4 is 0 Å². The van der Waals surface area contributed by atoms with Crippen molar-refractivity contribution in [3.8, 4) is 0 Å². The molecule has 0 bridgehead atoms. The highest BCUT2D eigenvalue weighted by Gasteiger charge is 2.35. The highest BCUT2D eigenvalue weighted by atomic mass is 28.2. The Labute approximate surface area is 237 Å². The topological polar surface area (TPSA) is 17.8 Å². The van der Waals surface area contributed by atoms with Crippen LogP contribution in [0.1, 0.15) is 47.8 Å². The highest BCUT2D eigenvalue weighted by molar-refractivity contribution is 6.41. The third-order valence-corrected chi connectivity index (χ3v) is 9.92. The molecule has 0 fully saturated rings. The Bertz CT molecular complexity index is 1290. The molecule has 2 radical (unpaired) electrons. The Morgan fingerprint density at radius 2 is 1.26 bits per heavy atom. The number of hydrogen-bond acceptors (Lipinski definition) is 1. The minimum atomic E-state index is -0.508. The number of imidazole rings is 1. The van der Waals surface area contributed by atoms with E-state index in [0.717, 1.165) is 17.5 Å². The summed E-state index contributed by atoms with van der Waals surface area (Å²) in [4.78, 5) is 4.37. The molecule has 0 aliphatic rings. The SMILES string of the molecule is C=C(C)CCC[SiH2]C(c1ccccc1)(c1ccccc1)n1ccnc1.[B]C(c1ccccc1)c1ccccc1. The van der Waals surface area contributed by atoms with Gasteiger partial charge in [-0.05, 0) is 41.4 Å². The molecule has 1 aromatic heterocycles. The molecule has 0 atom stereocenters. The number of hydrogen-bond donors (Lipinski definition) is 0. The molecule has 0 amide bonds. The van der Waals surface area contributed by atoms with E-state index in [9.17, 15) is 0 Å². The molecule has 0 aliphatic carbocycles. The molecule has 0 saturated heterocycles. The smallest absolute Gasteiger partial charge is 0.0953 e. The second-order valence-corrected chi connectivity index (χ2v) is 12.3. The van der Waals surface area contributed by atoms with Gasteiger partial charge in [0.1, 0.15) is 0 Å². The molecule has 0 spiro atoms. The normalized spacial score (nSPS) is 11.3. The van der Waals surface area contributed by atoms with Gasteiger partial charge in [-0.1, -0.05) is 139 Å². The summed E-state index contributed by atoms with van der Waals surface area (Å²) in [5.74, 6) is -0.0163. The average molecular weight is 525 g/mol. The fraction of sp³-hybridized carbons (Fsp3) is 0.171. The first-order chi connectivity index (χ1) is 19.1. The van der Waals surface area contributed by atoms with Gasteiger partial charge in [0.05, 0.1) is 28.9 Å². The van der Waals surface area contributed by atoms with Gasteiger partial charge in [0.25, 0.3) is 0 Å². The lowest BCUT2D eigenvalue weighted by Crippen LogP contribution is -2.41. The molecular weight excluding hydrogens is 487 g/mol. The van der Waals surface area contributed by atoms with Gasteiger partial charge in [-0.15, -0.1) is 6.58 Å². The fourth-order valence-corrected chi connectivity index (χ4v) is 7.62. The standard InChI is InChI=1S/C22H26N2Si.C13H11B/c1-19(2)10-9-17-25-22(24-16-15-23-18-24,20-11-5-3-6-12-20)21-13-7-4-8-14-21;14-13(11-7-3-1-4-8-11)12-9-5-2-6-10-12/h3-8,11-16,18H,1,9-10,17,25H2,2H3;1-10,13H. The van der Waals surface area contributed by atoms with E-state index >= 15 is 0 Å². The molecule has 0 aliphatic heterocycles. The molecule has 4 heteroatoms. The second-order valence-electron chi connectivity index (χ2n) is 10.0. The van der Waals surface area contributed by atoms with E-state index in [1.807, 2.05) is 48.9 Å². The fourth-order valence-electron chi connectivity index (χ4n) is 5.12.